The third kappa shape index (κ3) is 3.41. The molecule has 0 saturated heterocycles. The molecule has 136 valence electrons. The van der Waals surface area contributed by atoms with E-state index in [1.807, 2.05) is 36.4 Å². The number of aliphatic hydroxyl groups is 2. The van der Waals surface area contributed by atoms with Gasteiger partial charge in [0.05, 0.1) is 12.1 Å². The Hall–Kier alpha value is -2.12. The van der Waals surface area contributed by atoms with Crippen LogP contribution in [0.4, 0.5) is 0 Å². The van der Waals surface area contributed by atoms with Crippen LogP contribution in [0.3, 0.4) is 0 Å². The predicted molar refractivity (Wildman–Crippen MR) is 105 cm³/mol. The van der Waals surface area contributed by atoms with E-state index in [0.29, 0.717) is 19.5 Å². The molecule has 1 aliphatic carbocycles. The van der Waals surface area contributed by atoms with Crippen molar-refractivity contribution in [3.8, 4) is 23.0 Å². The minimum absolute atomic E-state index is 0.0286. The highest BCUT2D eigenvalue weighted by Gasteiger charge is 2.40. The smallest absolute Gasteiger partial charge is 0.139 e. The van der Waals surface area contributed by atoms with Gasteiger partial charge in [0.1, 0.15) is 18.7 Å². The first-order valence-electron chi connectivity index (χ1n) is 9.21. The lowest BCUT2D eigenvalue weighted by atomic mass is 9.88. The summed E-state index contributed by atoms with van der Waals surface area (Å²) in [4.78, 5) is 1.24. The van der Waals surface area contributed by atoms with Gasteiger partial charge in [0, 0.05) is 6.42 Å². The summed E-state index contributed by atoms with van der Waals surface area (Å²) in [6, 6.07) is 16.1. The third-order valence-electron chi connectivity index (χ3n) is 5.28. The number of hydrogen-bond donors (Lipinski definition) is 3. The van der Waals surface area contributed by atoms with Crippen LogP contribution in [0.1, 0.15) is 38.3 Å². The fraction of sp³-hybridized carbons (Fsp3) is 0.391. The van der Waals surface area contributed by atoms with E-state index >= 15 is 0 Å². The molecule has 0 radical (unpaired) electrons. The summed E-state index contributed by atoms with van der Waals surface area (Å²) >= 11 is 0. The number of nitrogens with one attached hydrogen (secondary N) is 1. The molecule has 0 bridgehead atoms. The quantitative estimate of drug-likeness (QED) is 0.739. The first kappa shape index (κ1) is 18.7. The molecule has 2 aromatic rings. The lowest BCUT2D eigenvalue weighted by molar-refractivity contribution is -0.940. The van der Waals surface area contributed by atoms with Crippen LogP contribution in [-0.2, 0) is 5.60 Å². The predicted octanol–water partition coefficient (Wildman–Crippen LogP) is 1.97. The molecule has 2 aromatic carbocycles. The zero-order valence-electron chi connectivity index (χ0n) is 15.8. The van der Waals surface area contributed by atoms with Gasteiger partial charge in [0.25, 0.3) is 0 Å². The van der Waals surface area contributed by atoms with Crippen LogP contribution < -0.4 is 4.90 Å². The average molecular weight is 350 g/mol. The fourth-order valence-corrected chi connectivity index (χ4v) is 3.72. The normalized spacial score (nSPS) is 15.6. The number of benzene rings is 2. The Balaban J connectivity index is 1.85. The Morgan fingerprint density at radius 2 is 1.46 bits per heavy atom. The van der Waals surface area contributed by atoms with Gasteiger partial charge in [-0.2, -0.15) is 0 Å². The Morgan fingerprint density at radius 1 is 0.923 bits per heavy atom. The molecule has 0 amide bonds. The van der Waals surface area contributed by atoms with Gasteiger partial charge in [-0.25, -0.2) is 0 Å². The molecule has 3 N–H and O–H groups in total. The molecule has 26 heavy (non-hydrogen) atoms. The molecule has 3 rings (SSSR count). The van der Waals surface area contributed by atoms with Crippen molar-refractivity contribution in [1.29, 1.82) is 0 Å². The fourth-order valence-electron chi connectivity index (χ4n) is 3.72. The van der Waals surface area contributed by atoms with Crippen molar-refractivity contribution in [2.75, 3.05) is 19.7 Å². The van der Waals surface area contributed by atoms with Crippen molar-refractivity contribution in [3.63, 3.8) is 0 Å². The standard InChI is InChI=1S/C23H27NO2/c1-22(2,3)24(16-17-25)15-9-8-14-23(26)20-12-6-4-10-18(20)19-11-5-7-13-21(19)23/h4-7,10-13,25-26H,14-17H2,1-3H3/p+1. The van der Waals surface area contributed by atoms with Crippen molar-refractivity contribution >= 4 is 0 Å². The van der Waals surface area contributed by atoms with E-state index in [4.69, 9.17) is 0 Å². The van der Waals surface area contributed by atoms with E-state index in [9.17, 15) is 10.2 Å². The molecule has 1 atom stereocenters. The maximum absolute atomic E-state index is 11.5. The average Bonchev–Trinajstić information content (AvgIpc) is 2.87. The van der Waals surface area contributed by atoms with E-state index in [1.165, 1.54) is 4.90 Å². The Bertz CT molecular complexity index is 794. The Labute approximate surface area is 156 Å². The van der Waals surface area contributed by atoms with Crippen molar-refractivity contribution in [2.45, 2.75) is 38.3 Å². The number of rotatable bonds is 4. The zero-order chi connectivity index (χ0) is 18.8. The second-order valence-corrected chi connectivity index (χ2v) is 7.99. The van der Waals surface area contributed by atoms with Crippen LogP contribution >= 0.6 is 0 Å². The van der Waals surface area contributed by atoms with E-state index in [1.54, 1.807) is 0 Å². The molecule has 1 unspecified atom stereocenters. The van der Waals surface area contributed by atoms with E-state index < -0.39 is 5.60 Å². The molecule has 0 spiro atoms. The lowest BCUT2D eigenvalue weighted by Gasteiger charge is -2.30. The summed E-state index contributed by atoms with van der Waals surface area (Å²) in [5.41, 5.74) is 3.03. The largest absolute Gasteiger partial charge is 0.391 e. The molecule has 0 heterocycles. The SMILES string of the molecule is CC(C)(C)[NH+](CC#CCC1(O)c2ccccc2-c2ccccc21)CCO. The minimum Gasteiger partial charge on any atom is -0.391 e. The third-order valence-corrected chi connectivity index (χ3v) is 5.28. The summed E-state index contributed by atoms with van der Waals surface area (Å²) in [5, 5.41) is 20.8. The first-order valence-corrected chi connectivity index (χ1v) is 9.21. The number of quaternary nitrogens is 1. The van der Waals surface area contributed by atoms with Crippen molar-refractivity contribution in [1.82, 2.24) is 0 Å². The minimum atomic E-state index is -1.06. The summed E-state index contributed by atoms with van der Waals surface area (Å²) < 4.78 is 0. The van der Waals surface area contributed by atoms with Crippen LogP contribution in [0.5, 0.6) is 0 Å². The van der Waals surface area contributed by atoms with Crippen LogP contribution in [0.2, 0.25) is 0 Å². The summed E-state index contributed by atoms with van der Waals surface area (Å²) in [6.45, 7) is 7.93. The van der Waals surface area contributed by atoms with Crippen molar-refractivity contribution < 1.29 is 15.1 Å². The Morgan fingerprint density at radius 3 is 1.96 bits per heavy atom. The molecule has 0 aromatic heterocycles. The highest BCUT2D eigenvalue weighted by atomic mass is 16.3. The van der Waals surface area contributed by atoms with Gasteiger partial charge in [-0.1, -0.05) is 54.5 Å². The maximum Gasteiger partial charge on any atom is 0.139 e. The van der Waals surface area contributed by atoms with Gasteiger partial charge < -0.3 is 15.1 Å². The monoisotopic (exact) mass is 350 g/mol. The van der Waals surface area contributed by atoms with Gasteiger partial charge in [-0.15, -0.1) is 0 Å². The number of fused-ring (bicyclic) bond motifs is 3. The highest BCUT2D eigenvalue weighted by Crippen LogP contribution is 2.48. The van der Waals surface area contributed by atoms with Crippen LogP contribution in [0, 0.1) is 11.8 Å². The zero-order valence-corrected chi connectivity index (χ0v) is 15.8. The van der Waals surface area contributed by atoms with Crippen LogP contribution in [0.25, 0.3) is 11.1 Å². The molecule has 3 heteroatoms. The second kappa shape index (κ2) is 7.25. The van der Waals surface area contributed by atoms with E-state index in [-0.39, 0.29) is 12.1 Å². The Kier molecular flexibility index (Phi) is 5.20. The van der Waals surface area contributed by atoms with Gasteiger partial charge in [-0.3, -0.25) is 0 Å². The molecular weight excluding hydrogens is 322 g/mol. The molecule has 0 saturated carbocycles. The van der Waals surface area contributed by atoms with Crippen molar-refractivity contribution in [3.05, 3.63) is 59.7 Å². The molecule has 0 aliphatic heterocycles. The van der Waals surface area contributed by atoms with Crippen LogP contribution in [0.15, 0.2) is 48.5 Å². The molecule has 0 fully saturated rings. The maximum atomic E-state index is 11.5. The van der Waals surface area contributed by atoms with Gasteiger partial charge in [-0.05, 0) is 48.9 Å². The summed E-state index contributed by atoms with van der Waals surface area (Å²) in [5.74, 6) is 6.44. The number of hydrogen-bond acceptors (Lipinski definition) is 2. The van der Waals surface area contributed by atoms with Crippen LogP contribution in [-0.4, -0.2) is 35.4 Å². The highest BCUT2D eigenvalue weighted by molar-refractivity contribution is 5.80. The topological polar surface area (TPSA) is 44.9 Å². The van der Waals surface area contributed by atoms with E-state index in [2.05, 4.69) is 44.7 Å². The summed E-state index contributed by atoms with van der Waals surface area (Å²) in [7, 11) is 0. The van der Waals surface area contributed by atoms with Gasteiger partial charge in [0.15, 0.2) is 0 Å². The van der Waals surface area contributed by atoms with Gasteiger partial charge >= 0.3 is 0 Å². The molecular formula is C23H28NO2+. The van der Waals surface area contributed by atoms with Gasteiger partial charge in [0.2, 0.25) is 0 Å². The molecule has 3 nitrogen and oxygen atoms in total. The molecule has 1 aliphatic rings. The van der Waals surface area contributed by atoms with Crippen molar-refractivity contribution in [2.24, 2.45) is 0 Å². The number of aliphatic hydroxyl groups excluding tert-OH is 1. The lowest BCUT2D eigenvalue weighted by Crippen LogP contribution is -3.19. The second-order valence-electron chi connectivity index (χ2n) is 7.99. The van der Waals surface area contributed by atoms with E-state index in [0.717, 1.165) is 22.3 Å². The first-order chi connectivity index (χ1) is 12.4. The summed E-state index contributed by atoms with van der Waals surface area (Å²) in [6.07, 6.45) is 0.373.